The van der Waals surface area contributed by atoms with Crippen molar-refractivity contribution in [3.8, 4) is 0 Å². The van der Waals surface area contributed by atoms with Gasteiger partial charge in [-0.05, 0) is 25.7 Å². The van der Waals surface area contributed by atoms with E-state index in [9.17, 15) is 0 Å². The normalized spacial score (nSPS) is 8.95. The van der Waals surface area contributed by atoms with Crippen LogP contribution >= 0.6 is 24.4 Å². The van der Waals surface area contributed by atoms with E-state index in [0.29, 0.717) is 8.64 Å². The molecule has 128 valence electrons. The Labute approximate surface area is 167 Å². The van der Waals surface area contributed by atoms with Crippen LogP contribution in [0, 0.1) is 0 Å². The van der Waals surface area contributed by atoms with Crippen LogP contribution in [0.1, 0.15) is 53.4 Å². The Hall–Kier alpha value is 0.908. The molecule has 0 saturated carbocycles. The predicted octanol–water partition coefficient (Wildman–Crippen LogP) is 3.88. The molecule has 0 aliphatic rings. The van der Waals surface area contributed by atoms with Crippen LogP contribution in [0.5, 0.6) is 0 Å². The van der Waals surface area contributed by atoms with Crippen molar-refractivity contribution in [3.63, 3.8) is 0 Å². The Kier molecular flexibility index (Phi) is 24.2. The second-order valence-electron chi connectivity index (χ2n) is 4.51. The summed E-state index contributed by atoms with van der Waals surface area (Å²) in [4.78, 5) is 4.15. The zero-order valence-electron chi connectivity index (χ0n) is 13.5. The van der Waals surface area contributed by atoms with Gasteiger partial charge in [0, 0.05) is 26.2 Å². The first-order valence-electron chi connectivity index (χ1n) is 7.36. The van der Waals surface area contributed by atoms with Gasteiger partial charge in [-0.3, -0.25) is 0 Å². The minimum Gasteiger partial charge on any atom is -0.411 e. The number of hydrogen-bond donors (Lipinski definition) is 0. The maximum Gasteiger partial charge on any atom is 2.00 e. The molecule has 0 bridgehead atoms. The van der Waals surface area contributed by atoms with Crippen LogP contribution in [0.2, 0.25) is 0 Å². The summed E-state index contributed by atoms with van der Waals surface area (Å²) < 4.78 is 1.23. The summed E-state index contributed by atoms with van der Waals surface area (Å²) >= 11 is 19.6. The van der Waals surface area contributed by atoms with Crippen LogP contribution in [0.25, 0.3) is 0 Å². The van der Waals surface area contributed by atoms with Crippen molar-refractivity contribution in [1.29, 1.82) is 0 Å². The Balaban J connectivity index is -0.000000295. The second kappa shape index (κ2) is 19.0. The third kappa shape index (κ3) is 17.1. The largest absolute Gasteiger partial charge is 2.00 e. The molecule has 0 amide bonds. The summed E-state index contributed by atoms with van der Waals surface area (Å²) in [6.45, 7) is 12.6. The van der Waals surface area contributed by atoms with E-state index in [2.05, 4.69) is 37.5 Å². The van der Waals surface area contributed by atoms with Gasteiger partial charge in [0.05, 0.1) is 0 Å². The van der Waals surface area contributed by atoms with Gasteiger partial charge >= 0.3 is 21.1 Å². The standard InChI is InChI=1S/2C7H15NS2.Pt/c2*1-3-5-8(6-4-2)7(9)10;/h2*3-6H2,1-2H3,(H,9,10);/q;;+2/p-2. The van der Waals surface area contributed by atoms with E-state index in [1.807, 2.05) is 0 Å². The fourth-order valence-electron chi connectivity index (χ4n) is 1.67. The summed E-state index contributed by atoms with van der Waals surface area (Å²) in [5.41, 5.74) is 0. The van der Waals surface area contributed by atoms with E-state index in [-0.39, 0.29) is 21.1 Å². The van der Waals surface area contributed by atoms with E-state index in [0.717, 1.165) is 51.9 Å². The Bertz CT molecular complexity index is 227. The van der Waals surface area contributed by atoms with Crippen molar-refractivity contribution in [2.24, 2.45) is 0 Å². The number of nitrogens with zero attached hydrogens (tertiary/aromatic N) is 2. The fourth-order valence-corrected chi connectivity index (χ4v) is 2.40. The second-order valence-corrected chi connectivity index (χ2v) is 6.57. The molecule has 7 heteroatoms. The van der Waals surface area contributed by atoms with E-state index >= 15 is 0 Å². The molecule has 0 heterocycles. The van der Waals surface area contributed by atoms with Gasteiger partial charge in [0.2, 0.25) is 0 Å². The third-order valence-electron chi connectivity index (χ3n) is 2.49. The van der Waals surface area contributed by atoms with E-state index in [1.54, 1.807) is 0 Å². The maximum absolute atomic E-state index is 4.89. The van der Waals surface area contributed by atoms with Gasteiger partial charge in [0.25, 0.3) is 0 Å². The maximum atomic E-state index is 4.89. The number of rotatable bonds is 8. The summed E-state index contributed by atoms with van der Waals surface area (Å²) in [5, 5.41) is 0. The Morgan fingerprint density at radius 3 is 0.952 bits per heavy atom. The van der Waals surface area contributed by atoms with E-state index < -0.39 is 0 Å². The molecule has 0 aromatic rings. The van der Waals surface area contributed by atoms with Crippen LogP contribution in [0.15, 0.2) is 0 Å². The van der Waals surface area contributed by atoms with Crippen molar-refractivity contribution >= 4 is 58.3 Å². The van der Waals surface area contributed by atoms with E-state index in [1.165, 1.54) is 0 Å². The molecule has 0 N–H and O–H groups in total. The van der Waals surface area contributed by atoms with Crippen molar-refractivity contribution < 1.29 is 21.1 Å². The fraction of sp³-hybridized carbons (Fsp3) is 0.857. The first kappa shape index (κ1) is 26.8. The summed E-state index contributed by atoms with van der Waals surface area (Å²) in [6, 6.07) is 0. The smallest absolute Gasteiger partial charge is 0.411 e. The zero-order valence-corrected chi connectivity index (χ0v) is 19.0. The summed E-state index contributed by atoms with van der Waals surface area (Å²) in [7, 11) is 0. The number of thiocarbonyl (C=S) groups is 2. The summed E-state index contributed by atoms with van der Waals surface area (Å²) in [6.07, 6.45) is 4.49. The van der Waals surface area contributed by atoms with Crippen LogP contribution in [-0.2, 0) is 46.3 Å². The van der Waals surface area contributed by atoms with Gasteiger partial charge in [-0.25, -0.2) is 0 Å². The van der Waals surface area contributed by atoms with E-state index in [4.69, 9.17) is 49.7 Å². The Morgan fingerprint density at radius 1 is 0.667 bits per heavy atom. The molecule has 0 saturated heterocycles. The topological polar surface area (TPSA) is 6.48 Å². The first-order chi connectivity index (χ1) is 9.44. The minimum atomic E-state index is 0. The average molecular weight is 548 g/mol. The quantitative estimate of drug-likeness (QED) is 0.334. The zero-order chi connectivity index (χ0) is 16.0. The molecule has 21 heavy (non-hydrogen) atoms. The van der Waals surface area contributed by atoms with Crippen LogP contribution in [0.4, 0.5) is 0 Å². The molecule has 0 aromatic carbocycles. The van der Waals surface area contributed by atoms with Gasteiger partial charge in [-0.2, -0.15) is 0 Å². The molecule has 0 spiro atoms. The van der Waals surface area contributed by atoms with Gasteiger partial charge in [-0.15, -0.1) is 0 Å². The van der Waals surface area contributed by atoms with Crippen LogP contribution < -0.4 is 0 Å². The van der Waals surface area contributed by atoms with Gasteiger partial charge in [0.1, 0.15) is 0 Å². The van der Waals surface area contributed by atoms with Crippen molar-refractivity contribution in [3.05, 3.63) is 0 Å². The minimum absolute atomic E-state index is 0. The first-order valence-corrected chi connectivity index (χ1v) is 8.99. The molecule has 0 atom stereocenters. The Morgan fingerprint density at radius 2 is 0.857 bits per heavy atom. The molecule has 0 radical (unpaired) electrons. The van der Waals surface area contributed by atoms with Crippen molar-refractivity contribution in [2.45, 2.75) is 53.4 Å². The molecule has 0 unspecified atom stereocenters. The monoisotopic (exact) mass is 547 g/mol. The molecule has 2 nitrogen and oxygen atoms in total. The van der Waals surface area contributed by atoms with Gasteiger partial charge < -0.3 is 59.5 Å². The van der Waals surface area contributed by atoms with Crippen molar-refractivity contribution in [2.75, 3.05) is 26.2 Å². The van der Waals surface area contributed by atoms with Crippen LogP contribution in [0.3, 0.4) is 0 Å². The molecular formula is C14H28N2PtS4. The van der Waals surface area contributed by atoms with Gasteiger partial charge in [0.15, 0.2) is 0 Å². The molecule has 0 aliphatic carbocycles. The molecule has 0 aromatic heterocycles. The predicted molar refractivity (Wildman–Crippen MR) is 104 cm³/mol. The molecular weight excluding hydrogens is 520 g/mol. The number of hydrogen-bond acceptors (Lipinski definition) is 4. The molecule has 0 rings (SSSR count). The summed E-state index contributed by atoms with van der Waals surface area (Å²) in [5.74, 6) is 0. The SMILES string of the molecule is CCCN(CCC)C(=S)[S-].CCCN(CCC)C(=S)[S-].[Pt+2]. The average Bonchev–Trinajstić information content (AvgIpc) is 2.38. The third-order valence-corrected chi connectivity index (χ3v) is 3.52. The van der Waals surface area contributed by atoms with Gasteiger partial charge in [-0.1, -0.05) is 36.3 Å². The van der Waals surface area contributed by atoms with Crippen LogP contribution in [-0.4, -0.2) is 44.6 Å². The molecule has 0 fully saturated rings. The molecule has 0 aliphatic heterocycles. The van der Waals surface area contributed by atoms with Crippen molar-refractivity contribution in [1.82, 2.24) is 9.80 Å².